The van der Waals surface area contributed by atoms with Crippen molar-refractivity contribution in [2.75, 3.05) is 13.1 Å². The zero-order valence-corrected chi connectivity index (χ0v) is 9.53. The Balaban J connectivity index is 1.90. The number of halogens is 1. The maximum absolute atomic E-state index is 9.48. The van der Waals surface area contributed by atoms with Crippen molar-refractivity contribution in [2.45, 2.75) is 25.5 Å². The number of β-amino-alcohol motifs (C(OH)–C–C–N with tert-alkyl or cyclic N) is 1. The molecular formula is C10H14BrNO2. The number of aliphatic hydroxyl groups excluding tert-OH is 1. The van der Waals surface area contributed by atoms with Crippen LogP contribution in [0.4, 0.5) is 0 Å². The van der Waals surface area contributed by atoms with Crippen molar-refractivity contribution in [2.24, 2.45) is 0 Å². The maximum atomic E-state index is 9.48. The first-order chi connectivity index (χ1) is 6.74. The molecular weight excluding hydrogens is 246 g/mol. The number of aliphatic hydroxyl groups is 1. The van der Waals surface area contributed by atoms with Crippen molar-refractivity contribution in [1.82, 2.24) is 4.90 Å². The van der Waals surface area contributed by atoms with E-state index in [9.17, 15) is 5.11 Å². The summed E-state index contributed by atoms with van der Waals surface area (Å²) in [7, 11) is 0. The van der Waals surface area contributed by atoms with Gasteiger partial charge in [-0.1, -0.05) is 0 Å². The lowest BCUT2D eigenvalue weighted by Crippen LogP contribution is -2.37. The van der Waals surface area contributed by atoms with Crippen LogP contribution in [0.3, 0.4) is 0 Å². The SMILES string of the molecule is O[C@H]1CCCN(Cc2ccc(Br)o2)C1. The largest absolute Gasteiger partial charge is 0.453 e. The minimum Gasteiger partial charge on any atom is -0.453 e. The summed E-state index contributed by atoms with van der Waals surface area (Å²) in [6, 6.07) is 3.86. The summed E-state index contributed by atoms with van der Waals surface area (Å²) >= 11 is 3.27. The van der Waals surface area contributed by atoms with Gasteiger partial charge in [0.15, 0.2) is 4.67 Å². The molecule has 1 fully saturated rings. The molecule has 0 bridgehead atoms. The third kappa shape index (κ3) is 2.59. The Labute approximate surface area is 91.8 Å². The summed E-state index contributed by atoms with van der Waals surface area (Å²) < 4.78 is 6.18. The second-order valence-electron chi connectivity index (χ2n) is 3.74. The van der Waals surface area contributed by atoms with Crippen LogP contribution in [0.1, 0.15) is 18.6 Å². The number of likely N-dealkylation sites (tertiary alicyclic amines) is 1. The van der Waals surface area contributed by atoms with Gasteiger partial charge in [0.1, 0.15) is 5.76 Å². The molecule has 1 atom stereocenters. The number of nitrogens with zero attached hydrogens (tertiary/aromatic N) is 1. The van der Waals surface area contributed by atoms with Crippen LogP contribution in [-0.2, 0) is 6.54 Å². The van der Waals surface area contributed by atoms with Crippen molar-refractivity contribution in [1.29, 1.82) is 0 Å². The van der Waals surface area contributed by atoms with E-state index >= 15 is 0 Å². The van der Waals surface area contributed by atoms with E-state index in [0.29, 0.717) is 0 Å². The fraction of sp³-hybridized carbons (Fsp3) is 0.600. The molecule has 2 heterocycles. The van der Waals surface area contributed by atoms with E-state index in [4.69, 9.17) is 4.42 Å². The highest BCUT2D eigenvalue weighted by atomic mass is 79.9. The van der Waals surface area contributed by atoms with Crippen LogP contribution in [0.25, 0.3) is 0 Å². The summed E-state index contributed by atoms with van der Waals surface area (Å²) in [4.78, 5) is 2.22. The summed E-state index contributed by atoms with van der Waals surface area (Å²) in [6.07, 6.45) is 1.84. The first-order valence-electron chi connectivity index (χ1n) is 4.88. The van der Waals surface area contributed by atoms with Gasteiger partial charge in [-0.15, -0.1) is 0 Å². The Morgan fingerprint density at radius 3 is 3.07 bits per heavy atom. The van der Waals surface area contributed by atoms with Gasteiger partial charge in [-0.3, -0.25) is 4.90 Å². The Hall–Kier alpha value is -0.320. The van der Waals surface area contributed by atoms with Gasteiger partial charge in [-0.2, -0.15) is 0 Å². The molecule has 1 aromatic rings. The molecule has 0 unspecified atom stereocenters. The average Bonchev–Trinajstić information content (AvgIpc) is 2.51. The van der Waals surface area contributed by atoms with E-state index in [1.807, 2.05) is 12.1 Å². The van der Waals surface area contributed by atoms with Gasteiger partial charge in [-0.05, 0) is 47.4 Å². The van der Waals surface area contributed by atoms with E-state index in [1.54, 1.807) is 0 Å². The van der Waals surface area contributed by atoms with E-state index in [0.717, 1.165) is 42.9 Å². The molecule has 3 nitrogen and oxygen atoms in total. The van der Waals surface area contributed by atoms with Crippen LogP contribution in [0.2, 0.25) is 0 Å². The van der Waals surface area contributed by atoms with Crippen LogP contribution in [0.15, 0.2) is 21.2 Å². The predicted molar refractivity (Wildman–Crippen MR) is 56.9 cm³/mol. The Bertz CT molecular complexity index is 300. The average molecular weight is 260 g/mol. The molecule has 0 radical (unpaired) electrons. The molecule has 0 aliphatic carbocycles. The molecule has 1 aliphatic heterocycles. The van der Waals surface area contributed by atoms with Gasteiger partial charge < -0.3 is 9.52 Å². The van der Waals surface area contributed by atoms with Crippen molar-refractivity contribution < 1.29 is 9.52 Å². The molecule has 78 valence electrons. The van der Waals surface area contributed by atoms with E-state index < -0.39 is 0 Å². The lowest BCUT2D eigenvalue weighted by atomic mass is 10.1. The zero-order chi connectivity index (χ0) is 9.97. The second-order valence-corrected chi connectivity index (χ2v) is 4.52. The fourth-order valence-electron chi connectivity index (χ4n) is 1.83. The summed E-state index contributed by atoms with van der Waals surface area (Å²) in [6.45, 7) is 2.61. The second kappa shape index (κ2) is 4.47. The number of furan rings is 1. The highest BCUT2D eigenvalue weighted by molar-refractivity contribution is 9.10. The van der Waals surface area contributed by atoms with Crippen molar-refractivity contribution in [3.8, 4) is 0 Å². The smallest absolute Gasteiger partial charge is 0.169 e. The first kappa shape index (κ1) is 10.2. The van der Waals surface area contributed by atoms with Crippen LogP contribution >= 0.6 is 15.9 Å². The van der Waals surface area contributed by atoms with Gasteiger partial charge >= 0.3 is 0 Å². The molecule has 0 saturated carbocycles. The van der Waals surface area contributed by atoms with E-state index in [2.05, 4.69) is 20.8 Å². The van der Waals surface area contributed by atoms with Crippen molar-refractivity contribution >= 4 is 15.9 Å². The zero-order valence-electron chi connectivity index (χ0n) is 7.95. The predicted octanol–water partition coefficient (Wildman–Crippen LogP) is 2.00. The standard InChI is InChI=1S/C10H14BrNO2/c11-10-4-3-9(14-10)7-12-5-1-2-8(13)6-12/h3-4,8,13H,1-2,5-7H2/t8-/m0/s1. The van der Waals surface area contributed by atoms with Gasteiger partial charge in [0, 0.05) is 6.54 Å². The van der Waals surface area contributed by atoms with Crippen LogP contribution < -0.4 is 0 Å². The first-order valence-corrected chi connectivity index (χ1v) is 5.68. The van der Waals surface area contributed by atoms with Crippen LogP contribution in [-0.4, -0.2) is 29.2 Å². The Morgan fingerprint density at radius 1 is 1.57 bits per heavy atom. The molecule has 0 aromatic carbocycles. The molecule has 1 aromatic heterocycles. The topological polar surface area (TPSA) is 36.6 Å². The number of piperidine rings is 1. The van der Waals surface area contributed by atoms with Gasteiger partial charge in [0.25, 0.3) is 0 Å². The molecule has 0 amide bonds. The molecule has 1 aliphatic rings. The quantitative estimate of drug-likeness (QED) is 0.883. The minimum atomic E-state index is -0.165. The Morgan fingerprint density at radius 2 is 2.43 bits per heavy atom. The number of hydrogen-bond donors (Lipinski definition) is 1. The highest BCUT2D eigenvalue weighted by Gasteiger charge is 2.18. The van der Waals surface area contributed by atoms with Crippen molar-refractivity contribution in [3.05, 3.63) is 22.6 Å². The molecule has 0 spiro atoms. The lowest BCUT2D eigenvalue weighted by molar-refractivity contribution is 0.0632. The summed E-state index contributed by atoms with van der Waals surface area (Å²) in [5.74, 6) is 0.950. The molecule has 2 rings (SSSR count). The Kier molecular flexibility index (Phi) is 3.26. The number of hydrogen-bond acceptors (Lipinski definition) is 3. The van der Waals surface area contributed by atoms with Gasteiger partial charge in [0.05, 0.1) is 12.6 Å². The maximum Gasteiger partial charge on any atom is 0.169 e. The fourth-order valence-corrected chi connectivity index (χ4v) is 2.17. The van der Waals surface area contributed by atoms with Crippen LogP contribution in [0.5, 0.6) is 0 Å². The van der Waals surface area contributed by atoms with Gasteiger partial charge in [0.2, 0.25) is 0 Å². The molecule has 1 N–H and O–H groups in total. The third-order valence-electron chi connectivity index (χ3n) is 2.49. The molecule has 4 heteroatoms. The normalized spacial score (nSPS) is 24.0. The molecule has 14 heavy (non-hydrogen) atoms. The minimum absolute atomic E-state index is 0.165. The summed E-state index contributed by atoms with van der Waals surface area (Å²) in [5.41, 5.74) is 0. The summed E-state index contributed by atoms with van der Waals surface area (Å²) in [5, 5.41) is 9.48. The van der Waals surface area contributed by atoms with E-state index in [1.165, 1.54) is 0 Å². The lowest BCUT2D eigenvalue weighted by Gasteiger charge is -2.28. The monoisotopic (exact) mass is 259 g/mol. The van der Waals surface area contributed by atoms with E-state index in [-0.39, 0.29) is 6.10 Å². The molecule has 1 saturated heterocycles. The third-order valence-corrected chi connectivity index (χ3v) is 2.92. The highest BCUT2D eigenvalue weighted by Crippen LogP contribution is 2.18. The van der Waals surface area contributed by atoms with Crippen LogP contribution in [0, 0.1) is 0 Å². The van der Waals surface area contributed by atoms with Crippen molar-refractivity contribution in [3.63, 3.8) is 0 Å². The van der Waals surface area contributed by atoms with Gasteiger partial charge in [-0.25, -0.2) is 0 Å². The number of rotatable bonds is 2.